The van der Waals surface area contributed by atoms with Crippen molar-refractivity contribution in [3.05, 3.63) is 63.6 Å². The van der Waals surface area contributed by atoms with Gasteiger partial charge < -0.3 is 14.2 Å². The Hall–Kier alpha value is -2.11. The number of carbonyl (C=O) groups is 1. The van der Waals surface area contributed by atoms with Crippen molar-refractivity contribution >= 4 is 27.8 Å². The van der Waals surface area contributed by atoms with Gasteiger partial charge in [0, 0.05) is 21.2 Å². The Kier molecular flexibility index (Phi) is 4.79. The largest absolute Gasteiger partial charge is 0.497 e. The van der Waals surface area contributed by atoms with E-state index in [1.165, 1.54) is 0 Å². The molecule has 0 amide bonds. The molecule has 0 radical (unpaired) electrons. The molecule has 0 saturated carbocycles. The molecular weight excluding hydrogens is 360 g/mol. The zero-order valence-electron chi connectivity index (χ0n) is 12.5. The van der Waals surface area contributed by atoms with Crippen molar-refractivity contribution in [3.63, 3.8) is 0 Å². The van der Waals surface area contributed by atoms with E-state index in [0.29, 0.717) is 12.2 Å². The van der Waals surface area contributed by atoms with E-state index in [2.05, 4.69) is 15.9 Å². The van der Waals surface area contributed by atoms with E-state index in [-0.39, 0.29) is 12.6 Å². The van der Waals surface area contributed by atoms with E-state index in [4.69, 9.17) is 14.2 Å². The molecule has 1 aliphatic heterocycles. The lowest BCUT2D eigenvalue weighted by atomic mass is 10.1. The summed E-state index contributed by atoms with van der Waals surface area (Å²) < 4.78 is 16.8. The van der Waals surface area contributed by atoms with Gasteiger partial charge in [-0.2, -0.15) is 0 Å². The van der Waals surface area contributed by atoms with Gasteiger partial charge in [0.15, 0.2) is 12.6 Å². The highest BCUT2D eigenvalue weighted by Crippen LogP contribution is 2.32. The fourth-order valence-electron chi connectivity index (χ4n) is 2.35. The van der Waals surface area contributed by atoms with Crippen LogP contribution >= 0.6 is 15.9 Å². The summed E-state index contributed by atoms with van der Waals surface area (Å²) in [5, 5.41) is 0. The molecule has 0 fully saturated rings. The minimum Gasteiger partial charge on any atom is -0.497 e. The summed E-state index contributed by atoms with van der Waals surface area (Å²) >= 11 is 3.47. The molecule has 0 unspecified atom stereocenters. The second kappa shape index (κ2) is 6.98. The van der Waals surface area contributed by atoms with Gasteiger partial charge in [-0.25, -0.2) is 0 Å². The van der Waals surface area contributed by atoms with Crippen molar-refractivity contribution < 1.29 is 19.0 Å². The fraction of sp³-hybridized carbons (Fsp3) is 0.167. The van der Waals surface area contributed by atoms with Crippen molar-refractivity contribution in [1.82, 2.24) is 0 Å². The fourth-order valence-corrected chi connectivity index (χ4v) is 2.87. The molecule has 2 aromatic carbocycles. The van der Waals surface area contributed by atoms with Crippen LogP contribution in [0.4, 0.5) is 0 Å². The average molecular weight is 375 g/mol. The predicted octanol–water partition coefficient (Wildman–Crippen LogP) is 4.22. The SMILES string of the molecule is COc1ccc(C(=O)/C=C/c2cc(Br)cc3c2OCOC3)cc1. The number of methoxy groups -OCH3 is 1. The van der Waals surface area contributed by atoms with Gasteiger partial charge in [-0.3, -0.25) is 4.79 Å². The maximum atomic E-state index is 12.3. The predicted molar refractivity (Wildman–Crippen MR) is 90.8 cm³/mol. The Bertz CT molecular complexity index is 750. The van der Waals surface area contributed by atoms with Crippen LogP contribution in [-0.2, 0) is 11.3 Å². The number of allylic oxidation sites excluding steroid dienone is 1. The molecule has 118 valence electrons. The Morgan fingerprint density at radius 2 is 2.04 bits per heavy atom. The molecule has 0 aromatic heterocycles. The molecule has 23 heavy (non-hydrogen) atoms. The van der Waals surface area contributed by atoms with E-state index < -0.39 is 0 Å². The van der Waals surface area contributed by atoms with Gasteiger partial charge in [0.2, 0.25) is 0 Å². The Labute approximate surface area is 142 Å². The van der Waals surface area contributed by atoms with Gasteiger partial charge >= 0.3 is 0 Å². The first-order valence-corrected chi connectivity index (χ1v) is 7.86. The Balaban J connectivity index is 1.84. The third kappa shape index (κ3) is 3.63. The smallest absolute Gasteiger partial charge is 0.189 e. The molecule has 0 atom stereocenters. The molecule has 2 aromatic rings. The number of benzene rings is 2. The summed E-state index contributed by atoms with van der Waals surface area (Å²) in [7, 11) is 1.59. The normalized spacial score (nSPS) is 13.5. The van der Waals surface area contributed by atoms with Gasteiger partial charge in [0.1, 0.15) is 11.5 Å². The third-order valence-electron chi connectivity index (χ3n) is 3.49. The second-order valence-corrected chi connectivity index (χ2v) is 5.94. The third-order valence-corrected chi connectivity index (χ3v) is 3.95. The number of halogens is 1. The summed E-state index contributed by atoms with van der Waals surface area (Å²) in [6, 6.07) is 10.9. The van der Waals surface area contributed by atoms with Gasteiger partial charge in [0.25, 0.3) is 0 Å². The molecule has 1 aliphatic rings. The van der Waals surface area contributed by atoms with Crippen molar-refractivity contribution in [2.24, 2.45) is 0 Å². The Morgan fingerprint density at radius 1 is 1.26 bits per heavy atom. The number of hydrogen-bond acceptors (Lipinski definition) is 4. The maximum Gasteiger partial charge on any atom is 0.189 e. The van der Waals surface area contributed by atoms with Crippen LogP contribution < -0.4 is 9.47 Å². The summed E-state index contributed by atoms with van der Waals surface area (Å²) in [6.07, 6.45) is 3.31. The van der Waals surface area contributed by atoms with Crippen LogP contribution in [0.1, 0.15) is 21.5 Å². The summed E-state index contributed by atoms with van der Waals surface area (Å²) in [5.74, 6) is 1.41. The van der Waals surface area contributed by atoms with Gasteiger partial charge in [0.05, 0.1) is 13.7 Å². The quantitative estimate of drug-likeness (QED) is 0.593. The number of fused-ring (bicyclic) bond motifs is 1. The lowest BCUT2D eigenvalue weighted by molar-refractivity contribution is -0.0165. The molecule has 0 spiro atoms. The van der Waals surface area contributed by atoms with Crippen LogP contribution in [0.5, 0.6) is 11.5 Å². The monoisotopic (exact) mass is 374 g/mol. The van der Waals surface area contributed by atoms with Crippen LogP contribution in [0.15, 0.2) is 46.9 Å². The highest BCUT2D eigenvalue weighted by atomic mass is 79.9. The molecule has 0 saturated heterocycles. The lowest BCUT2D eigenvalue weighted by Gasteiger charge is -2.20. The minimum absolute atomic E-state index is 0.0755. The molecular formula is C18H15BrO4. The number of ether oxygens (including phenoxy) is 3. The van der Waals surface area contributed by atoms with Gasteiger partial charge in [-0.1, -0.05) is 15.9 Å². The Morgan fingerprint density at radius 3 is 2.78 bits per heavy atom. The maximum absolute atomic E-state index is 12.3. The molecule has 5 heteroatoms. The second-order valence-electron chi connectivity index (χ2n) is 5.02. The van der Waals surface area contributed by atoms with E-state index in [1.807, 2.05) is 12.1 Å². The van der Waals surface area contributed by atoms with Crippen LogP contribution in [0, 0.1) is 0 Å². The van der Waals surface area contributed by atoms with Crippen LogP contribution in [-0.4, -0.2) is 19.7 Å². The number of ketones is 1. The van der Waals surface area contributed by atoms with E-state index in [0.717, 1.165) is 27.1 Å². The van der Waals surface area contributed by atoms with Crippen molar-refractivity contribution in [3.8, 4) is 11.5 Å². The standard InChI is InChI=1S/C18H15BrO4/c1-21-16-5-2-12(3-6-16)17(20)7-4-13-8-15(19)9-14-10-22-11-23-18(13)14/h2-9H,10-11H2,1H3/b7-4+. The van der Waals surface area contributed by atoms with Gasteiger partial charge in [-0.15, -0.1) is 0 Å². The van der Waals surface area contributed by atoms with E-state index in [9.17, 15) is 4.79 Å². The highest BCUT2D eigenvalue weighted by Gasteiger charge is 2.15. The van der Waals surface area contributed by atoms with Crippen LogP contribution in [0.2, 0.25) is 0 Å². The lowest BCUT2D eigenvalue weighted by Crippen LogP contribution is -2.12. The van der Waals surface area contributed by atoms with Crippen LogP contribution in [0.25, 0.3) is 6.08 Å². The van der Waals surface area contributed by atoms with E-state index >= 15 is 0 Å². The van der Waals surface area contributed by atoms with Crippen LogP contribution in [0.3, 0.4) is 0 Å². The summed E-state index contributed by atoms with van der Waals surface area (Å²) in [5.41, 5.74) is 2.41. The first kappa shape index (κ1) is 15.8. The van der Waals surface area contributed by atoms with Gasteiger partial charge in [-0.05, 0) is 48.6 Å². The minimum atomic E-state index is -0.0755. The first-order chi connectivity index (χ1) is 11.2. The molecule has 3 rings (SSSR count). The molecule has 0 bridgehead atoms. The first-order valence-electron chi connectivity index (χ1n) is 7.07. The molecule has 0 aliphatic carbocycles. The molecule has 0 N–H and O–H groups in total. The topological polar surface area (TPSA) is 44.8 Å². The summed E-state index contributed by atoms with van der Waals surface area (Å²) in [6.45, 7) is 0.726. The highest BCUT2D eigenvalue weighted by molar-refractivity contribution is 9.10. The van der Waals surface area contributed by atoms with E-state index in [1.54, 1.807) is 43.5 Å². The molecule has 4 nitrogen and oxygen atoms in total. The zero-order valence-corrected chi connectivity index (χ0v) is 14.1. The van der Waals surface area contributed by atoms with Crippen molar-refractivity contribution in [1.29, 1.82) is 0 Å². The average Bonchev–Trinajstić information content (AvgIpc) is 2.59. The number of rotatable bonds is 4. The number of carbonyl (C=O) groups excluding carboxylic acids is 1. The van der Waals surface area contributed by atoms with Crippen molar-refractivity contribution in [2.75, 3.05) is 13.9 Å². The number of hydrogen-bond donors (Lipinski definition) is 0. The molecule has 1 heterocycles. The summed E-state index contributed by atoms with van der Waals surface area (Å²) in [4.78, 5) is 12.3. The van der Waals surface area contributed by atoms with Crippen molar-refractivity contribution in [2.45, 2.75) is 6.61 Å². The zero-order chi connectivity index (χ0) is 16.2.